The largest absolute Gasteiger partial charge is 0.504 e. The zero-order valence-corrected chi connectivity index (χ0v) is 37.1. The summed E-state index contributed by atoms with van der Waals surface area (Å²) in [5.41, 5.74) is 1.12. The van der Waals surface area contributed by atoms with Gasteiger partial charge in [-0.1, -0.05) is 18.2 Å². The van der Waals surface area contributed by atoms with Crippen molar-refractivity contribution < 1.29 is 107 Å². The lowest BCUT2D eigenvalue weighted by molar-refractivity contribution is -0.383. The van der Waals surface area contributed by atoms with Crippen molar-refractivity contribution in [2.24, 2.45) is 0 Å². The Kier molecular flexibility index (Phi) is 17.9. The topological polar surface area (TPSA) is 308 Å². The van der Waals surface area contributed by atoms with Crippen molar-refractivity contribution >= 4 is 48.1 Å². The molecule has 0 radical (unpaired) electrons. The first kappa shape index (κ1) is 51.8. The number of aliphatic hydroxyl groups excluding tert-OH is 3. The molecule has 0 amide bonds. The van der Waals surface area contributed by atoms with Gasteiger partial charge in [0, 0.05) is 32.1 Å². The van der Waals surface area contributed by atoms with Crippen LogP contribution < -0.4 is 14.2 Å². The molecular weight excluding hydrogens is 904 g/mol. The highest BCUT2D eigenvalue weighted by atomic mass is 16.8. The summed E-state index contributed by atoms with van der Waals surface area (Å²) in [5, 5.41) is 64.0. The highest BCUT2D eigenvalue weighted by Gasteiger charge is 2.62. The standard InChI is InChI=1S/C46H50O22/c1-24(47)61-21-35-40(55)42(57)43(64-25(2)48)45(65-35)68-46(23-63-38(53)16-10-27-7-13-30(50)33(19-27)59-4)44(66-39(54)17-11-28-8-14-31(51)34(20-28)60-5)41(56)36(67-46)22-62-37(52)15-9-26-6-12-29(49)32(18-26)58-3/h6-20,35-36,40-45,49-51,55-57H,21-23H2,1-5H3/b15-9+,16-10+,17-11+/t35-,36-,40-,41+,42-,43-,44+,45+,46+/m1/s1. The monoisotopic (exact) mass is 954 g/mol. The molecule has 2 fully saturated rings. The minimum absolute atomic E-state index is 0.0668. The van der Waals surface area contributed by atoms with Gasteiger partial charge in [-0.25, -0.2) is 14.4 Å². The predicted molar refractivity (Wildman–Crippen MR) is 230 cm³/mol. The molecule has 3 aromatic rings. The van der Waals surface area contributed by atoms with Gasteiger partial charge in [-0.15, -0.1) is 0 Å². The molecule has 0 aliphatic carbocycles. The van der Waals surface area contributed by atoms with Crippen LogP contribution in [0.1, 0.15) is 30.5 Å². The van der Waals surface area contributed by atoms with Gasteiger partial charge in [-0.3, -0.25) is 9.59 Å². The number of carbonyl (C=O) groups is 5. The average Bonchev–Trinajstić information content (AvgIpc) is 3.56. The van der Waals surface area contributed by atoms with E-state index in [1.54, 1.807) is 0 Å². The number of aliphatic hydroxyl groups is 3. The van der Waals surface area contributed by atoms with Crippen LogP contribution in [-0.2, 0) is 61.9 Å². The Morgan fingerprint density at radius 1 is 0.588 bits per heavy atom. The fourth-order valence-electron chi connectivity index (χ4n) is 6.72. The van der Waals surface area contributed by atoms with Gasteiger partial charge in [-0.2, -0.15) is 0 Å². The van der Waals surface area contributed by atoms with Gasteiger partial charge in [0.05, 0.1) is 21.3 Å². The van der Waals surface area contributed by atoms with Crippen LogP contribution in [0.2, 0.25) is 0 Å². The number of hydrogen-bond acceptors (Lipinski definition) is 22. The highest BCUT2D eigenvalue weighted by molar-refractivity contribution is 5.88. The van der Waals surface area contributed by atoms with Gasteiger partial charge in [0.1, 0.15) is 50.3 Å². The first-order valence-corrected chi connectivity index (χ1v) is 20.4. The van der Waals surface area contributed by atoms with Crippen molar-refractivity contribution in [3.8, 4) is 34.5 Å². The fraction of sp³-hybridized carbons (Fsp3) is 0.370. The fourth-order valence-corrected chi connectivity index (χ4v) is 6.72. The molecule has 6 N–H and O–H groups in total. The molecule has 0 spiro atoms. The summed E-state index contributed by atoms with van der Waals surface area (Å²) in [6.07, 6.45) is -8.49. The van der Waals surface area contributed by atoms with E-state index in [9.17, 15) is 54.6 Å². The van der Waals surface area contributed by atoms with E-state index in [1.165, 1.54) is 94.2 Å². The van der Waals surface area contributed by atoms with Gasteiger partial charge in [-0.05, 0) is 71.3 Å². The smallest absolute Gasteiger partial charge is 0.331 e. The summed E-state index contributed by atoms with van der Waals surface area (Å²) in [4.78, 5) is 64.2. The van der Waals surface area contributed by atoms with Crippen LogP contribution in [0.25, 0.3) is 18.2 Å². The zero-order valence-electron chi connectivity index (χ0n) is 37.1. The number of methoxy groups -OCH3 is 3. The molecule has 0 bridgehead atoms. The zero-order chi connectivity index (χ0) is 49.7. The molecule has 0 aromatic heterocycles. The second kappa shape index (κ2) is 23.5. The van der Waals surface area contributed by atoms with Crippen LogP contribution in [0.4, 0.5) is 0 Å². The average molecular weight is 955 g/mol. The molecule has 22 nitrogen and oxygen atoms in total. The maximum atomic E-state index is 13.7. The van der Waals surface area contributed by atoms with Gasteiger partial charge in [0.2, 0.25) is 12.1 Å². The number of aromatic hydroxyl groups is 3. The van der Waals surface area contributed by atoms with Gasteiger partial charge < -0.3 is 82.7 Å². The molecule has 5 rings (SSSR count). The van der Waals surface area contributed by atoms with Crippen LogP contribution >= 0.6 is 0 Å². The van der Waals surface area contributed by atoms with Crippen molar-refractivity contribution in [1.29, 1.82) is 0 Å². The van der Waals surface area contributed by atoms with E-state index in [1.807, 2.05) is 0 Å². The Morgan fingerprint density at radius 2 is 1.06 bits per heavy atom. The van der Waals surface area contributed by atoms with E-state index in [0.29, 0.717) is 16.7 Å². The number of benzene rings is 3. The number of esters is 5. The quantitative estimate of drug-likeness (QED) is 0.0566. The normalized spacial score (nSPS) is 24.6. The van der Waals surface area contributed by atoms with Gasteiger partial charge in [0.15, 0.2) is 46.7 Å². The van der Waals surface area contributed by atoms with Crippen LogP contribution in [0.5, 0.6) is 34.5 Å². The molecule has 2 saturated heterocycles. The lowest BCUT2D eigenvalue weighted by Gasteiger charge is -2.44. The second-order valence-corrected chi connectivity index (χ2v) is 14.9. The number of carbonyl (C=O) groups excluding carboxylic acids is 5. The number of phenolic OH excluding ortho intramolecular Hbond substituents is 3. The third kappa shape index (κ3) is 13.5. The molecule has 0 saturated carbocycles. The summed E-state index contributed by atoms with van der Waals surface area (Å²) in [7, 11) is 3.96. The molecule has 2 aliphatic rings. The minimum Gasteiger partial charge on any atom is -0.504 e. The first-order chi connectivity index (χ1) is 32.4. The predicted octanol–water partition coefficient (Wildman–Crippen LogP) is 1.68. The molecule has 2 aliphatic heterocycles. The van der Waals surface area contributed by atoms with Crippen LogP contribution in [0.15, 0.2) is 72.8 Å². The van der Waals surface area contributed by atoms with Crippen LogP contribution in [0.3, 0.4) is 0 Å². The van der Waals surface area contributed by atoms with E-state index in [-0.39, 0.29) is 34.5 Å². The highest BCUT2D eigenvalue weighted by Crippen LogP contribution is 2.40. The molecule has 0 unspecified atom stereocenters. The van der Waals surface area contributed by atoms with E-state index < -0.39 is 104 Å². The molecule has 68 heavy (non-hydrogen) atoms. The van der Waals surface area contributed by atoms with Gasteiger partial charge >= 0.3 is 29.8 Å². The summed E-state index contributed by atoms with van der Waals surface area (Å²) >= 11 is 0. The molecule has 2 heterocycles. The summed E-state index contributed by atoms with van der Waals surface area (Å²) in [6, 6.07) is 12.5. The Labute approximate surface area is 388 Å². The Balaban J connectivity index is 1.53. The SMILES string of the molecule is COc1cc(/C=C/C(=O)OC[C@H]2O[C@@](COC(=O)/C=C/c3ccc(O)c(OC)c3)(O[C@@H]3O[C@H](COC(C)=O)[C@@H](O)[C@@H](O)[C@H]3OC(C)=O)[C@@H](OC(=O)/C=C/c3ccc(O)c(OC)c3)[C@H]2O)ccc1O. The Morgan fingerprint density at radius 3 is 1.53 bits per heavy atom. The number of phenols is 3. The first-order valence-electron chi connectivity index (χ1n) is 20.4. The third-order valence-electron chi connectivity index (χ3n) is 10.1. The summed E-state index contributed by atoms with van der Waals surface area (Å²) < 4.78 is 60.6. The Hall–Kier alpha value is -7.21. The molecule has 9 atom stereocenters. The molecule has 366 valence electrons. The summed E-state index contributed by atoms with van der Waals surface area (Å²) in [6.45, 7) is -0.550. The maximum Gasteiger partial charge on any atom is 0.331 e. The maximum absolute atomic E-state index is 13.7. The summed E-state index contributed by atoms with van der Waals surface area (Å²) in [5.74, 6) is -8.07. The molecule has 22 heteroatoms. The van der Waals surface area contributed by atoms with Crippen molar-refractivity contribution in [2.45, 2.75) is 68.7 Å². The lowest BCUT2D eigenvalue weighted by Crippen LogP contribution is -2.64. The van der Waals surface area contributed by atoms with Crippen molar-refractivity contribution in [3.05, 3.63) is 89.5 Å². The van der Waals surface area contributed by atoms with Crippen molar-refractivity contribution in [2.75, 3.05) is 41.2 Å². The van der Waals surface area contributed by atoms with E-state index in [2.05, 4.69) is 0 Å². The number of rotatable bonds is 19. The van der Waals surface area contributed by atoms with Crippen LogP contribution in [0, 0.1) is 0 Å². The van der Waals surface area contributed by atoms with Crippen molar-refractivity contribution in [3.63, 3.8) is 0 Å². The van der Waals surface area contributed by atoms with E-state index in [0.717, 1.165) is 32.1 Å². The molecular formula is C46H50O22. The third-order valence-corrected chi connectivity index (χ3v) is 10.1. The van der Waals surface area contributed by atoms with Crippen LogP contribution in [-0.4, -0.2) is 156 Å². The number of hydrogen-bond donors (Lipinski definition) is 6. The number of ether oxygens (including phenoxy) is 11. The van der Waals surface area contributed by atoms with E-state index in [4.69, 9.17) is 52.1 Å². The Bertz CT molecular complexity index is 2370. The minimum atomic E-state index is -2.73. The molecule has 3 aromatic carbocycles. The second-order valence-electron chi connectivity index (χ2n) is 14.9. The van der Waals surface area contributed by atoms with Gasteiger partial charge in [0.25, 0.3) is 0 Å². The van der Waals surface area contributed by atoms with E-state index >= 15 is 0 Å². The lowest BCUT2D eigenvalue weighted by atomic mass is 9.98. The van der Waals surface area contributed by atoms with Crippen molar-refractivity contribution in [1.82, 2.24) is 0 Å².